The van der Waals surface area contributed by atoms with E-state index in [1.165, 1.54) is 6.20 Å². The molecule has 0 atom stereocenters. The highest BCUT2D eigenvalue weighted by Gasteiger charge is 2.01. The monoisotopic (exact) mass is 160 g/mol. The Morgan fingerprint density at radius 1 is 1.33 bits per heavy atom. The van der Waals surface area contributed by atoms with E-state index < -0.39 is 0 Å². The molecule has 60 valence electrons. The predicted octanol–water partition coefficient (Wildman–Crippen LogP) is 1.64. The minimum absolute atomic E-state index is 0.135. The van der Waals surface area contributed by atoms with Crippen molar-refractivity contribution in [3.05, 3.63) is 30.2 Å². The van der Waals surface area contributed by atoms with Gasteiger partial charge in [-0.3, -0.25) is 9.97 Å². The quantitative estimate of drug-likeness (QED) is 0.637. The van der Waals surface area contributed by atoms with Gasteiger partial charge in [-0.05, 0) is 18.6 Å². The zero-order chi connectivity index (χ0) is 8.55. The normalized spacial score (nSPS) is 10.4. The Balaban J connectivity index is 2.94. The van der Waals surface area contributed by atoms with Crippen LogP contribution in [0, 0.1) is 6.92 Å². The van der Waals surface area contributed by atoms with Crippen molar-refractivity contribution in [2.24, 2.45) is 0 Å². The van der Waals surface area contributed by atoms with E-state index in [1.54, 1.807) is 12.4 Å². The predicted molar refractivity (Wildman–Crippen MR) is 45.9 cm³/mol. The van der Waals surface area contributed by atoms with Crippen LogP contribution in [-0.4, -0.2) is 15.1 Å². The van der Waals surface area contributed by atoms with E-state index in [2.05, 4.69) is 9.97 Å². The van der Waals surface area contributed by atoms with Crippen molar-refractivity contribution in [1.82, 2.24) is 9.97 Å². The summed E-state index contributed by atoms with van der Waals surface area (Å²) in [6.45, 7) is 1.96. The standard InChI is InChI=1S/C9H8N2O/c1-6-2-3-11-9-7(6)4-10-5-8(9)12/h2-5,12H,1H3. The first-order chi connectivity index (χ1) is 5.79. The number of pyridine rings is 2. The Morgan fingerprint density at radius 3 is 2.92 bits per heavy atom. The summed E-state index contributed by atoms with van der Waals surface area (Å²) in [6.07, 6.45) is 4.78. The molecule has 0 saturated heterocycles. The molecule has 0 saturated carbocycles. The minimum Gasteiger partial charge on any atom is -0.504 e. The molecule has 3 nitrogen and oxygen atoms in total. The van der Waals surface area contributed by atoms with E-state index in [1.807, 2.05) is 13.0 Å². The van der Waals surface area contributed by atoms with Gasteiger partial charge < -0.3 is 5.11 Å². The fourth-order valence-corrected chi connectivity index (χ4v) is 1.18. The van der Waals surface area contributed by atoms with Gasteiger partial charge in [0.1, 0.15) is 5.52 Å². The van der Waals surface area contributed by atoms with Crippen LogP contribution in [0.1, 0.15) is 5.56 Å². The number of hydrogen-bond donors (Lipinski definition) is 1. The molecule has 12 heavy (non-hydrogen) atoms. The maximum absolute atomic E-state index is 9.37. The van der Waals surface area contributed by atoms with Crippen LogP contribution in [0.4, 0.5) is 0 Å². The van der Waals surface area contributed by atoms with Crippen LogP contribution in [0.3, 0.4) is 0 Å². The first-order valence-electron chi connectivity index (χ1n) is 3.67. The molecule has 2 aromatic rings. The third-order valence-electron chi connectivity index (χ3n) is 1.85. The Morgan fingerprint density at radius 2 is 2.17 bits per heavy atom. The second-order valence-corrected chi connectivity index (χ2v) is 2.68. The molecule has 0 aliphatic rings. The molecule has 0 unspecified atom stereocenters. The maximum Gasteiger partial charge on any atom is 0.160 e. The minimum atomic E-state index is 0.135. The average Bonchev–Trinajstić information content (AvgIpc) is 2.07. The third kappa shape index (κ3) is 0.906. The summed E-state index contributed by atoms with van der Waals surface area (Å²) in [6, 6.07) is 1.89. The number of aromatic nitrogens is 2. The summed E-state index contributed by atoms with van der Waals surface area (Å²) >= 11 is 0. The molecule has 3 heteroatoms. The van der Waals surface area contributed by atoms with Crippen molar-refractivity contribution in [1.29, 1.82) is 0 Å². The van der Waals surface area contributed by atoms with E-state index in [9.17, 15) is 5.11 Å². The lowest BCUT2D eigenvalue weighted by Crippen LogP contribution is -1.84. The van der Waals surface area contributed by atoms with Gasteiger partial charge in [0.15, 0.2) is 5.75 Å². The van der Waals surface area contributed by atoms with Gasteiger partial charge >= 0.3 is 0 Å². The van der Waals surface area contributed by atoms with Gasteiger partial charge in [-0.1, -0.05) is 0 Å². The second kappa shape index (κ2) is 2.44. The Hall–Kier alpha value is -1.64. The molecule has 0 aliphatic heterocycles. The van der Waals surface area contributed by atoms with Crippen LogP contribution in [0.2, 0.25) is 0 Å². The Bertz CT molecular complexity index is 385. The molecule has 2 heterocycles. The number of aryl methyl sites for hydroxylation is 1. The summed E-state index contributed by atoms with van der Waals surface area (Å²) in [4.78, 5) is 7.93. The number of fused-ring (bicyclic) bond motifs is 1. The molecule has 0 spiro atoms. The highest BCUT2D eigenvalue weighted by molar-refractivity contribution is 5.85. The summed E-state index contributed by atoms with van der Waals surface area (Å²) in [5.74, 6) is 0.135. The summed E-state index contributed by atoms with van der Waals surface area (Å²) < 4.78 is 0. The molecule has 1 N–H and O–H groups in total. The first-order valence-corrected chi connectivity index (χ1v) is 3.67. The van der Waals surface area contributed by atoms with E-state index in [-0.39, 0.29) is 5.75 Å². The van der Waals surface area contributed by atoms with Crippen molar-refractivity contribution >= 4 is 10.9 Å². The van der Waals surface area contributed by atoms with Crippen LogP contribution in [-0.2, 0) is 0 Å². The van der Waals surface area contributed by atoms with Crippen LogP contribution < -0.4 is 0 Å². The van der Waals surface area contributed by atoms with Crippen LogP contribution in [0.15, 0.2) is 24.7 Å². The van der Waals surface area contributed by atoms with Crippen LogP contribution in [0.25, 0.3) is 10.9 Å². The van der Waals surface area contributed by atoms with Gasteiger partial charge in [0.05, 0.1) is 6.20 Å². The lowest BCUT2D eigenvalue weighted by atomic mass is 10.2. The Kier molecular flexibility index (Phi) is 1.43. The smallest absolute Gasteiger partial charge is 0.160 e. The SMILES string of the molecule is Cc1ccnc2c(O)cncc12. The fraction of sp³-hybridized carbons (Fsp3) is 0.111. The number of nitrogens with zero attached hydrogens (tertiary/aromatic N) is 2. The van der Waals surface area contributed by atoms with Crippen molar-refractivity contribution < 1.29 is 5.11 Å². The Labute approximate surface area is 69.7 Å². The van der Waals surface area contributed by atoms with Crippen molar-refractivity contribution in [3.63, 3.8) is 0 Å². The molecule has 0 amide bonds. The van der Waals surface area contributed by atoms with E-state index in [0.717, 1.165) is 10.9 Å². The first kappa shape index (κ1) is 7.03. The van der Waals surface area contributed by atoms with Gasteiger partial charge in [0.25, 0.3) is 0 Å². The zero-order valence-electron chi connectivity index (χ0n) is 6.65. The molecule has 2 rings (SSSR count). The second-order valence-electron chi connectivity index (χ2n) is 2.68. The third-order valence-corrected chi connectivity index (χ3v) is 1.85. The number of aromatic hydroxyl groups is 1. The van der Waals surface area contributed by atoms with Crippen molar-refractivity contribution in [2.45, 2.75) is 6.92 Å². The van der Waals surface area contributed by atoms with Crippen LogP contribution >= 0.6 is 0 Å². The van der Waals surface area contributed by atoms with Gasteiger partial charge in [0, 0.05) is 17.8 Å². The average molecular weight is 160 g/mol. The summed E-state index contributed by atoms with van der Waals surface area (Å²) in [7, 11) is 0. The lowest BCUT2D eigenvalue weighted by molar-refractivity contribution is 0.478. The lowest BCUT2D eigenvalue weighted by Gasteiger charge is -2.00. The highest BCUT2D eigenvalue weighted by atomic mass is 16.3. The van der Waals surface area contributed by atoms with Crippen molar-refractivity contribution in [2.75, 3.05) is 0 Å². The van der Waals surface area contributed by atoms with Crippen molar-refractivity contribution in [3.8, 4) is 5.75 Å². The molecule has 0 radical (unpaired) electrons. The maximum atomic E-state index is 9.37. The summed E-state index contributed by atoms with van der Waals surface area (Å²) in [5.41, 5.74) is 1.69. The van der Waals surface area contributed by atoms with Gasteiger partial charge in [-0.15, -0.1) is 0 Å². The molecular weight excluding hydrogens is 152 g/mol. The molecule has 0 aromatic carbocycles. The summed E-state index contributed by atoms with van der Waals surface area (Å²) in [5, 5.41) is 10.3. The van der Waals surface area contributed by atoms with E-state index in [0.29, 0.717) is 5.52 Å². The van der Waals surface area contributed by atoms with Crippen LogP contribution in [0.5, 0.6) is 5.75 Å². The largest absolute Gasteiger partial charge is 0.504 e. The fourth-order valence-electron chi connectivity index (χ4n) is 1.18. The molecular formula is C9H8N2O. The molecule has 0 bridgehead atoms. The van der Waals surface area contributed by atoms with Gasteiger partial charge in [0.2, 0.25) is 0 Å². The number of rotatable bonds is 0. The molecule has 0 aliphatic carbocycles. The zero-order valence-corrected chi connectivity index (χ0v) is 6.65. The van der Waals surface area contributed by atoms with E-state index >= 15 is 0 Å². The number of hydrogen-bond acceptors (Lipinski definition) is 3. The van der Waals surface area contributed by atoms with E-state index in [4.69, 9.17) is 0 Å². The highest BCUT2D eigenvalue weighted by Crippen LogP contribution is 2.22. The molecule has 2 aromatic heterocycles. The van der Waals surface area contributed by atoms with Gasteiger partial charge in [-0.25, -0.2) is 0 Å². The molecule has 0 fully saturated rings. The van der Waals surface area contributed by atoms with Gasteiger partial charge in [-0.2, -0.15) is 0 Å². The topological polar surface area (TPSA) is 46.0 Å².